The van der Waals surface area contributed by atoms with E-state index < -0.39 is 0 Å². The lowest BCUT2D eigenvalue weighted by atomic mass is 9.87. The Labute approximate surface area is 117 Å². The smallest absolute Gasteiger partial charge is 0.0318 e. The minimum absolute atomic E-state index is 0.0801. The molecule has 2 rings (SSSR count). The maximum absolute atomic E-state index is 6.10. The summed E-state index contributed by atoms with van der Waals surface area (Å²) in [7, 11) is 2.05. The Morgan fingerprint density at radius 1 is 1.21 bits per heavy atom. The largest absolute Gasteiger partial charge is 0.326 e. The van der Waals surface area contributed by atoms with Gasteiger partial charge in [-0.15, -0.1) is 0 Å². The van der Waals surface area contributed by atoms with Crippen molar-refractivity contribution in [2.45, 2.75) is 64.0 Å². The van der Waals surface area contributed by atoms with Gasteiger partial charge in [-0.3, -0.25) is 0 Å². The number of fused-ring (bicyclic) bond motifs is 1. The Hall–Kier alpha value is -0.860. The molecule has 0 fully saturated rings. The first-order valence-electron chi connectivity index (χ1n) is 7.57. The Balaban J connectivity index is 2.10. The molecule has 0 aromatic heterocycles. The van der Waals surface area contributed by atoms with E-state index in [9.17, 15) is 0 Å². The molecule has 2 heteroatoms. The van der Waals surface area contributed by atoms with Crippen molar-refractivity contribution < 1.29 is 0 Å². The highest BCUT2D eigenvalue weighted by Gasteiger charge is 2.17. The van der Waals surface area contributed by atoms with E-state index in [4.69, 9.17) is 5.73 Å². The van der Waals surface area contributed by atoms with Crippen LogP contribution in [0.25, 0.3) is 0 Å². The lowest BCUT2D eigenvalue weighted by molar-refractivity contribution is 0.411. The summed E-state index contributed by atoms with van der Waals surface area (Å²) in [6, 6.07) is 7.48. The Morgan fingerprint density at radius 2 is 1.89 bits per heavy atom. The molecule has 1 aliphatic rings. The van der Waals surface area contributed by atoms with Crippen molar-refractivity contribution in [3.63, 3.8) is 0 Å². The topological polar surface area (TPSA) is 38.0 Å². The fraction of sp³-hybridized carbons (Fsp3) is 0.647. The third kappa shape index (κ3) is 4.05. The predicted molar refractivity (Wildman–Crippen MR) is 82.4 cm³/mol. The molecule has 1 aromatic rings. The maximum atomic E-state index is 6.10. The van der Waals surface area contributed by atoms with Crippen LogP contribution in [0.2, 0.25) is 0 Å². The molecule has 0 aliphatic heterocycles. The molecule has 106 valence electrons. The van der Waals surface area contributed by atoms with E-state index in [0.29, 0.717) is 6.04 Å². The van der Waals surface area contributed by atoms with E-state index in [1.165, 1.54) is 31.2 Å². The van der Waals surface area contributed by atoms with Gasteiger partial charge in [0.25, 0.3) is 0 Å². The quantitative estimate of drug-likeness (QED) is 0.852. The normalized spacial score (nSPS) is 17.1. The van der Waals surface area contributed by atoms with Crippen LogP contribution in [-0.4, -0.2) is 12.6 Å². The highest BCUT2D eigenvalue weighted by molar-refractivity contribution is 5.35. The second-order valence-electron chi connectivity index (χ2n) is 6.60. The van der Waals surface area contributed by atoms with Crippen molar-refractivity contribution in [1.29, 1.82) is 0 Å². The highest BCUT2D eigenvalue weighted by atomic mass is 14.9. The molecule has 0 saturated carbocycles. The van der Waals surface area contributed by atoms with Crippen molar-refractivity contribution in [2.24, 2.45) is 5.73 Å². The summed E-state index contributed by atoms with van der Waals surface area (Å²) >= 11 is 0. The molecule has 1 aromatic carbocycles. The van der Waals surface area contributed by atoms with Crippen LogP contribution in [0.3, 0.4) is 0 Å². The van der Waals surface area contributed by atoms with Gasteiger partial charge in [-0.05, 0) is 76.1 Å². The molecule has 0 saturated heterocycles. The fourth-order valence-corrected chi connectivity index (χ4v) is 2.96. The van der Waals surface area contributed by atoms with Crippen LogP contribution in [0, 0.1) is 0 Å². The van der Waals surface area contributed by atoms with Crippen molar-refractivity contribution in [3.8, 4) is 0 Å². The second kappa shape index (κ2) is 6.06. The van der Waals surface area contributed by atoms with Crippen LogP contribution in [-0.2, 0) is 12.8 Å². The van der Waals surface area contributed by atoms with E-state index >= 15 is 0 Å². The van der Waals surface area contributed by atoms with Gasteiger partial charge >= 0.3 is 0 Å². The van der Waals surface area contributed by atoms with Gasteiger partial charge in [-0.1, -0.05) is 18.2 Å². The molecule has 0 heterocycles. The number of aryl methyl sites for hydroxylation is 2. The van der Waals surface area contributed by atoms with Crippen molar-refractivity contribution in [2.75, 3.05) is 7.05 Å². The summed E-state index contributed by atoms with van der Waals surface area (Å²) < 4.78 is 0. The van der Waals surface area contributed by atoms with E-state index in [0.717, 1.165) is 12.8 Å². The van der Waals surface area contributed by atoms with Gasteiger partial charge in [-0.25, -0.2) is 0 Å². The molecule has 1 atom stereocenters. The monoisotopic (exact) mass is 260 g/mol. The van der Waals surface area contributed by atoms with Crippen LogP contribution in [0.5, 0.6) is 0 Å². The van der Waals surface area contributed by atoms with Crippen LogP contribution >= 0.6 is 0 Å². The SMILES string of the molecule is CNC(CCC(C)(C)N)c1ccc2c(c1)CCCC2. The molecule has 2 nitrogen and oxygen atoms in total. The average molecular weight is 260 g/mol. The van der Waals surface area contributed by atoms with E-state index in [2.05, 4.69) is 37.4 Å². The summed E-state index contributed by atoms with van der Waals surface area (Å²) in [6.07, 6.45) is 7.34. The Bertz CT molecular complexity index is 418. The van der Waals surface area contributed by atoms with Crippen LogP contribution < -0.4 is 11.1 Å². The second-order valence-corrected chi connectivity index (χ2v) is 6.60. The molecule has 3 N–H and O–H groups in total. The summed E-state index contributed by atoms with van der Waals surface area (Å²) in [5.41, 5.74) is 10.6. The molecule has 0 radical (unpaired) electrons. The first-order chi connectivity index (χ1) is 8.99. The number of nitrogens with two attached hydrogens (primary N) is 1. The molecule has 1 unspecified atom stereocenters. The average Bonchev–Trinajstić information content (AvgIpc) is 2.38. The highest BCUT2D eigenvalue weighted by Crippen LogP contribution is 2.27. The third-order valence-electron chi connectivity index (χ3n) is 4.20. The standard InChI is InChI=1S/C17H28N2/c1-17(2,18)11-10-16(19-3)15-9-8-13-6-4-5-7-14(13)12-15/h8-9,12,16,19H,4-7,10-11,18H2,1-3H3. The first-order valence-corrected chi connectivity index (χ1v) is 7.57. The van der Waals surface area contributed by atoms with Gasteiger partial charge in [0, 0.05) is 11.6 Å². The van der Waals surface area contributed by atoms with Crippen LogP contribution in [0.4, 0.5) is 0 Å². The molecule has 0 amide bonds. The number of benzene rings is 1. The van der Waals surface area contributed by atoms with Gasteiger partial charge < -0.3 is 11.1 Å². The third-order valence-corrected chi connectivity index (χ3v) is 4.20. The van der Waals surface area contributed by atoms with Crippen molar-refractivity contribution in [3.05, 3.63) is 34.9 Å². The van der Waals surface area contributed by atoms with Crippen LogP contribution in [0.1, 0.15) is 62.3 Å². The zero-order valence-corrected chi connectivity index (χ0v) is 12.6. The molecular formula is C17H28N2. The minimum Gasteiger partial charge on any atom is -0.326 e. The maximum Gasteiger partial charge on any atom is 0.0318 e. The minimum atomic E-state index is -0.0801. The molecular weight excluding hydrogens is 232 g/mol. The number of rotatable bonds is 5. The lowest BCUT2D eigenvalue weighted by Gasteiger charge is -2.25. The van der Waals surface area contributed by atoms with Crippen LogP contribution in [0.15, 0.2) is 18.2 Å². The summed E-state index contributed by atoms with van der Waals surface area (Å²) in [5, 5.41) is 3.44. The number of nitrogens with one attached hydrogen (secondary N) is 1. The number of hydrogen-bond donors (Lipinski definition) is 2. The zero-order chi connectivity index (χ0) is 13.9. The molecule has 19 heavy (non-hydrogen) atoms. The van der Waals surface area contributed by atoms with E-state index in [1.807, 2.05) is 7.05 Å². The summed E-state index contributed by atoms with van der Waals surface area (Å²) in [6.45, 7) is 4.21. The zero-order valence-electron chi connectivity index (χ0n) is 12.6. The Kier molecular flexibility index (Phi) is 4.64. The van der Waals surface area contributed by atoms with E-state index in [1.54, 1.807) is 11.1 Å². The van der Waals surface area contributed by atoms with Gasteiger partial charge in [0.2, 0.25) is 0 Å². The number of hydrogen-bond acceptors (Lipinski definition) is 2. The lowest BCUT2D eigenvalue weighted by Crippen LogP contribution is -2.33. The first kappa shape index (κ1) is 14.5. The molecule has 1 aliphatic carbocycles. The van der Waals surface area contributed by atoms with Gasteiger partial charge in [0.15, 0.2) is 0 Å². The molecule has 0 spiro atoms. The predicted octanol–water partition coefficient (Wildman–Crippen LogP) is 3.34. The van der Waals surface area contributed by atoms with Crippen molar-refractivity contribution >= 4 is 0 Å². The van der Waals surface area contributed by atoms with Crippen molar-refractivity contribution in [1.82, 2.24) is 5.32 Å². The van der Waals surface area contributed by atoms with E-state index in [-0.39, 0.29) is 5.54 Å². The van der Waals surface area contributed by atoms with Gasteiger partial charge in [-0.2, -0.15) is 0 Å². The van der Waals surface area contributed by atoms with Gasteiger partial charge in [0.05, 0.1) is 0 Å². The summed E-state index contributed by atoms with van der Waals surface area (Å²) in [4.78, 5) is 0. The molecule has 0 bridgehead atoms. The van der Waals surface area contributed by atoms with Gasteiger partial charge in [0.1, 0.15) is 0 Å². The fourth-order valence-electron chi connectivity index (χ4n) is 2.96. The Morgan fingerprint density at radius 3 is 2.53 bits per heavy atom. The summed E-state index contributed by atoms with van der Waals surface area (Å²) in [5.74, 6) is 0.